The number of hydrogen-bond donors (Lipinski definition) is 2. The molecule has 2 fully saturated rings. The fourth-order valence-corrected chi connectivity index (χ4v) is 4.63. The minimum Gasteiger partial charge on any atom is -0.479 e. The number of carbonyl (C=O) groups excluding carboxylic acids is 2. The molecule has 0 spiro atoms. The molecule has 4 aliphatic heterocycles. The summed E-state index contributed by atoms with van der Waals surface area (Å²) in [5.74, 6) is -3.60. The third kappa shape index (κ3) is 2.23. The molecule has 7 heteroatoms. The zero-order valence-corrected chi connectivity index (χ0v) is 15.1. The molecule has 2 N–H and O–H groups in total. The molecule has 7 nitrogen and oxygen atoms in total. The van der Waals surface area contributed by atoms with E-state index in [1.807, 2.05) is 13.8 Å². The fourth-order valence-electron chi connectivity index (χ4n) is 4.63. The van der Waals surface area contributed by atoms with Crippen LogP contribution in [0.1, 0.15) is 33.6 Å². The van der Waals surface area contributed by atoms with Crippen LogP contribution in [0.2, 0.25) is 0 Å². The Kier molecular flexibility index (Phi) is 3.84. The molecule has 2 unspecified atom stereocenters. The Hall–Kier alpha value is -1.70. The number of rotatable bonds is 3. The fraction of sp³-hybridized carbons (Fsp3) is 0.684. The van der Waals surface area contributed by atoms with Crippen LogP contribution in [0.5, 0.6) is 0 Å². The van der Waals surface area contributed by atoms with Crippen LogP contribution in [-0.4, -0.2) is 52.2 Å². The molecule has 0 saturated carbocycles. The molecule has 0 aromatic carbocycles. The van der Waals surface area contributed by atoms with Gasteiger partial charge >= 0.3 is 5.97 Å². The second-order valence-electron chi connectivity index (χ2n) is 7.93. The van der Waals surface area contributed by atoms with Crippen molar-refractivity contribution in [2.75, 3.05) is 6.61 Å². The number of aliphatic hydroxyl groups is 2. The molecule has 4 rings (SSSR count). The van der Waals surface area contributed by atoms with Gasteiger partial charge in [0.1, 0.15) is 17.8 Å². The molecule has 0 radical (unpaired) electrons. The van der Waals surface area contributed by atoms with Gasteiger partial charge in [-0.15, -0.1) is 0 Å². The molecule has 0 aromatic heterocycles. The van der Waals surface area contributed by atoms with Crippen molar-refractivity contribution >= 4 is 11.8 Å². The van der Waals surface area contributed by atoms with E-state index in [0.29, 0.717) is 17.8 Å². The summed E-state index contributed by atoms with van der Waals surface area (Å²) in [5.41, 5.74) is -0.750. The number of hydrogen-bond acceptors (Lipinski definition) is 7. The summed E-state index contributed by atoms with van der Waals surface area (Å²) in [6.45, 7) is 5.08. The molecule has 4 heterocycles. The van der Waals surface area contributed by atoms with Crippen molar-refractivity contribution in [1.82, 2.24) is 0 Å². The molecular weight excluding hydrogens is 340 g/mol. The van der Waals surface area contributed by atoms with Crippen LogP contribution in [0.3, 0.4) is 0 Å². The van der Waals surface area contributed by atoms with Crippen LogP contribution in [0.15, 0.2) is 23.5 Å². The highest BCUT2D eigenvalue weighted by Gasteiger charge is 2.67. The highest BCUT2D eigenvalue weighted by Crippen LogP contribution is 2.54. The molecule has 26 heavy (non-hydrogen) atoms. The van der Waals surface area contributed by atoms with E-state index in [4.69, 9.17) is 14.2 Å². The van der Waals surface area contributed by atoms with Gasteiger partial charge in [-0.1, -0.05) is 13.8 Å². The monoisotopic (exact) mass is 364 g/mol. The van der Waals surface area contributed by atoms with Gasteiger partial charge in [-0.2, -0.15) is 0 Å². The predicted molar refractivity (Wildman–Crippen MR) is 88.5 cm³/mol. The highest BCUT2D eigenvalue weighted by molar-refractivity contribution is 6.00. The first-order valence-electron chi connectivity index (χ1n) is 9.11. The van der Waals surface area contributed by atoms with E-state index in [-0.39, 0.29) is 24.7 Å². The van der Waals surface area contributed by atoms with Crippen molar-refractivity contribution in [1.29, 1.82) is 0 Å². The van der Waals surface area contributed by atoms with Gasteiger partial charge in [0, 0.05) is 29.9 Å². The summed E-state index contributed by atoms with van der Waals surface area (Å²) in [4.78, 5) is 25.1. The van der Waals surface area contributed by atoms with Crippen LogP contribution in [0.4, 0.5) is 0 Å². The lowest BCUT2D eigenvalue weighted by Crippen LogP contribution is -2.45. The Labute approximate surface area is 151 Å². The van der Waals surface area contributed by atoms with E-state index in [2.05, 4.69) is 0 Å². The summed E-state index contributed by atoms with van der Waals surface area (Å²) in [6, 6.07) is 0. The largest absolute Gasteiger partial charge is 0.479 e. The molecule has 2 bridgehead atoms. The first kappa shape index (κ1) is 17.7. The number of aliphatic hydroxyl groups excluding tert-OH is 1. The second-order valence-corrected chi connectivity index (χ2v) is 7.93. The van der Waals surface area contributed by atoms with Gasteiger partial charge in [0.05, 0.1) is 12.7 Å². The molecule has 4 aliphatic rings. The van der Waals surface area contributed by atoms with Crippen LogP contribution < -0.4 is 0 Å². The van der Waals surface area contributed by atoms with Gasteiger partial charge in [0.25, 0.3) is 0 Å². The van der Waals surface area contributed by atoms with E-state index in [1.54, 1.807) is 13.0 Å². The highest BCUT2D eigenvalue weighted by atomic mass is 16.7. The molecule has 0 aromatic rings. The van der Waals surface area contributed by atoms with E-state index in [0.717, 1.165) is 0 Å². The van der Waals surface area contributed by atoms with Crippen molar-refractivity contribution in [3.63, 3.8) is 0 Å². The maximum absolute atomic E-state index is 12.6. The van der Waals surface area contributed by atoms with E-state index in [1.165, 1.54) is 6.08 Å². The number of carbonyl (C=O) groups is 2. The Morgan fingerprint density at radius 1 is 1.38 bits per heavy atom. The van der Waals surface area contributed by atoms with Crippen LogP contribution >= 0.6 is 0 Å². The van der Waals surface area contributed by atoms with Crippen molar-refractivity contribution < 1.29 is 34.0 Å². The number of ether oxygens (including phenoxy) is 3. The van der Waals surface area contributed by atoms with Gasteiger partial charge in [-0.25, -0.2) is 0 Å². The zero-order chi connectivity index (χ0) is 18.9. The number of ketones is 1. The molecule has 142 valence electrons. The Bertz CT molecular complexity index is 725. The third-order valence-electron chi connectivity index (χ3n) is 6.37. The summed E-state index contributed by atoms with van der Waals surface area (Å²) in [7, 11) is 0. The van der Waals surface area contributed by atoms with Crippen molar-refractivity contribution in [2.24, 2.45) is 17.8 Å². The van der Waals surface area contributed by atoms with Gasteiger partial charge < -0.3 is 24.4 Å². The van der Waals surface area contributed by atoms with Crippen LogP contribution in [0, 0.1) is 17.8 Å². The van der Waals surface area contributed by atoms with Gasteiger partial charge in [-0.05, 0) is 19.4 Å². The van der Waals surface area contributed by atoms with Crippen molar-refractivity contribution in [3.05, 3.63) is 23.5 Å². The second kappa shape index (κ2) is 5.65. The summed E-state index contributed by atoms with van der Waals surface area (Å²) < 4.78 is 17.5. The van der Waals surface area contributed by atoms with Gasteiger partial charge in [0.15, 0.2) is 11.4 Å². The molecular formula is C19H24O7. The Morgan fingerprint density at radius 3 is 2.77 bits per heavy atom. The zero-order valence-electron chi connectivity index (χ0n) is 15.1. The van der Waals surface area contributed by atoms with Crippen LogP contribution in [-0.2, 0) is 23.8 Å². The Morgan fingerprint density at radius 2 is 2.12 bits per heavy atom. The first-order chi connectivity index (χ1) is 12.2. The number of esters is 1. The van der Waals surface area contributed by atoms with E-state index < -0.39 is 41.4 Å². The SMILES string of the molecule is CC[C@@H](C)[C@@]1(O)O[C@H]2C[C@@]3(C)OC(=CC3=O)/C(CO)=C\[C@H]3OC(=O)C1C23. The molecule has 2 saturated heterocycles. The topological polar surface area (TPSA) is 102 Å². The van der Waals surface area contributed by atoms with Crippen molar-refractivity contribution in [2.45, 2.75) is 57.2 Å². The lowest BCUT2D eigenvalue weighted by atomic mass is 9.76. The molecule has 7 atom stereocenters. The normalized spacial score (nSPS) is 47.0. The predicted octanol–water partition coefficient (Wildman–Crippen LogP) is 0.842. The maximum atomic E-state index is 12.6. The van der Waals surface area contributed by atoms with Crippen molar-refractivity contribution in [3.8, 4) is 0 Å². The quantitative estimate of drug-likeness (QED) is 0.716. The van der Waals surface area contributed by atoms with Gasteiger partial charge in [0.2, 0.25) is 5.78 Å². The summed E-state index contributed by atoms with van der Waals surface area (Å²) >= 11 is 0. The van der Waals surface area contributed by atoms with Gasteiger partial charge in [-0.3, -0.25) is 9.59 Å². The minimum atomic E-state index is -1.64. The lowest BCUT2D eigenvalue weighted by Gasteiger charge is -2.33. The molecule has 0 aliphatic carbocycles. The minimum absolute atomic E-state index is 0.200. The standard InChI is InChI=1S/C19H24O7/c1-4-9(2)19(23)16-15-12(24-17(16)22)5-10(8-20)11-6-14(21)18(3,25-11)7-13(15)26-19/h5-6,9,12-13,15-16,20,23H,4,7-8H2,1-3H3/b10-5-/t9-,12-,13+,15?,16?,18-,19-/m1/s1. The van der Waals surface area contributed by atoms with E-state index in [9.17, 15) is 19.8 Å². The summed E-state index contributed by atoms with van der Waals surface area (Å²) in [5, 5.41) is 20.9. The third-order valence-corrected chi connectivity index (χ3v) is 6.37. The van der Waals surface area contributed by atoms with Crippen LogP contribution in [0.25, 0.3) is 0 Å². The van der Waals surface area contributed by atoms with E-state index >= 15 is 0 Å². The average molecular weight is 364 g/mol. The number of fused-ring (bicyclic) bond motifs is 2. The Balaban J connectivity index is 1.83. The first-order valence-corrected chi connectivity index (χ1v) is 9.11. The smallest absolute Gasteiger partial charge is 0.315 e. The average Bonchev–Trinajstić information content (AvgIpc) is 3.18. The summed E-state index contributed by atoms with van der Waals surface area (Å²) in [6.07, 6.45) is 2.60. The molecule has 0 amide bonds. The lowest BCUT2D eigenvalue weighted by molar-refractivity contribution is -0.248. The maximum Gasteiger partial charge on any atom is 0.315 e.